The highest BCUT2D eigenvalue weighted by Crippen LogP contribution is 2.09. The molecule has 2 N–H and O–H groups in total. The van der Waals surface area contributed by atoms with Crippen molar-refractivity contribution >= 4 is 5.71 Å². The van der Waals surface area contributed by atoms with E-state index in [0.717, 1.165) is 30.8 Å². The minimum absolute atomic E-state index is 0.775. The second kappa shape index (κ2) is 3.53. The lowest BCUT2D eigenvalue weighted by atomic mass is 10.0. The predicted octanol–water partition coefficient (Wildman–Crippen LogP) is 0.445. The molecule has 0 aliphatic carbocycles. The Balaban J connectivity index is 2.61. The predicted molar refractivity (Wildman–Crippen MR) is 47.0 cm³/mol. The first-order chi connectivity index (χ1) is 5.24. The summed E-state index contributed by atoms with van der Waals surface area (Å²) >= 11 is 0. The number of piperidine rings is 1. The van der Waals surface area contributed by atoms with Gasteiger partial charge in [-0.1, -0.05) is 0 Å². The van der Waals surface area contributed by atoms with Crippen LogP contribution in [0.4, 0.5) is 0 Å². The lowest BCUT2D eigenvalue weighted by molar-refractivity contribution is 0.364. The van der Waals surface area contributed by atoms with E-state index >= 15 is 0 Å². The summed E-state index contributed by atoms with van der Waals surface area (Å²) in [5.41, 5.74) is 1.89. The fraction of sp³-hybridized carbons (Fsp3) is 0.625. The molecular formula is C8H15N3. The molecule has 1 fully saturated rings. The summed E-state index contributed by atoms with van der Waals surface area (Å²) in [6, 6.07) is 0. The van der Waals surface area contributed by atoms with Gasteiger partial charge in [-0.15, -0.1) is 0 Å². The van der Waals surface area contributed by atoms with Crippen LogP contribution in [0.15, 0.2) is 11.8 Å². The van der Waals surface area contributed by atoms with Crippen LogP contribution in [0.3, 0.4) is 0 Å². The lowest BCUT2D eigenvalue weighted by Crippen LogP contribution is -2.32. The SMILES string of the molecule is CN/C=C1/CN(C)CCC1=N. The van der Waals surface area contributed by atoms with Crippen molar-refractivity contribution in [3.63, 3.8) is 0 Å². The first kappa shape index (κ1) is 8.27. The van der Waals surface area contributed by atoms with Gasteiger partial charge < -0.3 is 15.6 Å². The highest BCUT2D eigenvalue weighted by molar-refractivity contribution is 5.98. The van der Waals surface area contributed by atoms with Gasteiger partial charge in [-0.25, -0.2) is 0 Å². The lowest BCUT2D eigenvalue weighted by Gasteiger charge is -2.24. The average molecular weight is 153 g/mol. The van der Waals surface area contributed by atoms with Gasteiger partial charge in [-0.05, 0) is 7.05 Å². The number of rotatable bonds is 1. The first-order valence-electron chi connectivity index (χ1n) is 3.86. The van der Waals surface area contributed by atoms with Crippen LogP contribution in [-0.2, 0) is 0 Å². The molecule has 1 rings (SSSR count). The quantitative estimate of drug-likeness (QED) is 0.574. The van der Waals surface area contributed by atoms with Crippen molar-refractivity contribution in [2.45, 2.75) is 6.42 Å². The summed E-state index contributed by atoms with van der Waals surface area (Å²) < 4.78 is 0. The third-order valence-electron chi connectivity index (χ3n) is 1.89. The maximum absolute atomic E-state index is 7.60. The number of hydrogen-bond donors (Lipinski definition) is 2. The third kappa shape index (κ3) is 2.05. The Morgan fingerprint density at radius 3 is 3.00 bits per heavy atom. The summed E-state index contributed by atoms with van der Waals surface area (Å²) in [7, 11) is 3.95. The summed E-state index contributed by atoms with van der Waals surface area (Å²) in [6.07, 6.45) is 2.79. The van der Waals surface area contributed by atoms with E-state index in [4.69, 9.17) is 5.41 Å². The van der Waals surface area contributed by atoms with Gasteiger partial charge in [-0.2, -0.15) is 0 Å². The van der Waals surface area contributed by atoms with Crippen LogP contribution in [0.25, 0.3) is 0 Å². The van der Waals surface area contributed by atoms with E-state index < -0.39 is 0 Å². The maximum Gasteiger partial charge on any atom is 0.0386 e. The Labute approximate surface area is 67.6 Å². The summed E-state index contributed by atoms with van der Waals surface area (Å²) in [5, 5.41) is 10.6. The van der Waals surface area contributed by atoms with Crippen molar-refractivity contribution in [2.24, 2.45) is 0 Å². The van der Waals surface area contributed by atoms with Crippen molar-refractivity contribution in [3.05, 3.63) is 11.8 Å². The fourth-order valence-corrected chi connectivity index (χ4v) is 1.24. The second-order valence-electron chi connectivity index (χ2n) is 2.92. The van der Waals surface area contributed by atoms with Crippen LogP contribution in [0.1, 0.15) is 6.42 Å². The average Bonchev–Trinajstić information content (AvgIpc) is 1.98. The summed E-state index contributed by atoms with van der Waals surface area (Å²) in [5.74, 6) is 0. The van der Waals surface area contributed by atoms with Gasteiger partial charge in [0.15, 0.2) is 0 Å². The normalized spacial score (nSPS) is 24.2. The fourth-order valence-electron chi connectivity index (χ4n) is 1.24. The van der Waals surface area contributed by atoms with E-state index in [9.17, 15) is 0 Å². The molecule has 0 spiro atoms. The first-order valence-corrected chi connectivity index (χ1v) is 3.86. The van der Waals surface area contributed by atoms with Gasteiger partial charge in [-0.3, -0.25) is 0 Å². The van der Waals surface area contributed by atoms with Crippen LogP contribution < -0.4 is 5.32 Å². The molecule has 62 valence electrons. The van der Waals surface area contributed by atoms with Crippen LogP contribution in [-0.4, -0.2) is 37.8 Å². The molecule has 0 atom stereocenters. The monoisotopic (exact) mass is 153 g/mol. The molecule has 0 aromatic rings. The number of hydrogen-bond acceptors (Lipinski definition) is 3. The number of likely N-dealkylation sites (tertiary alicyclic amines) is 1. The Hall–Kier alpha value is -0.830. The zero-order valence-electron chi connectivity index (χ0n) is 7.15. The maximum atomic E-state index is 7.60. The van der Waals surface area contributed by atoms with Gasteiger partial charge in [0.05, 0.1) is 0 Å². The van der Waals surface area contributed by atoms with Crippen molar-refractivity contribution in [1.29, 1.82) is 5.41 Å². The van der Waals surface area contributed by atoms with Crippen molar-refractivity contribution in [3.8, 4) is 0 Å². The molecule has 0 saturated carbocycles. The van der Waals surface area contributed by atoms with Crippen molar-refractivity contribution in [2.75, 3.05) is 27.2 Å². The smallest absolute Gasteiger partial charge is 0.0386 e. The third-order valence-corrected chi connectivity index (χ3v) is 1.89. The van der Waals surface area contributed by atoms with Crippen LogP contribution in [0.2, 0.25) is 0 Å². The topological polar surface area (TPSA) is 39.1 Å². The molecule has 3 heteroatoms. The van der Waals surface area contributed by atoms with Gasteiger partial charge in [0, 0.05) is 44.0 Å². The Morgan fingerprint density at radius 1 is 1.64 bits per heavy atom. The summed E-state index contributed by atoms with van der Waals surface area (Å²) in [6.45, 7) is 1.92. The molecular weight excluding hydrogens is 138 g/mol. The molecule has 3 nitrogen and oxygen atoms in total. The van der Waals surface area contributed by atoms with Gasteiger partial charge in [0.25, 0.3) is 0 Å². The standard InChI is InChI=1S/C8H15N3/c1-10-5-7-6-11(2)4-3-8(7)9/h5,9-10H,3-4,6H2,1-2H3/b7-5-,9-8?. The van der Waals surface area contributed by atoms with E-state index in [1.54, 1.807) is 0 Å². The van der Waals surface area contributed by atoms with Crippen LogP contribution in [0.5, 0.6) is 0 Å². The molecule has 0 aromatic carbocycles. The molecule has 1 saturated heterocycles. The van der Waals surface area contributed by atoms with Gasteiger partial charge in [0.1, 0.15) is 0 Å². The van der Waals surface area contributed by atoms with E-state index in [1.807, 2.05) is 13.2 Å². The molecule has 1 aliphatic rings. The zero-order valence-corrected chi connectivity index (χ0v) is 7.15. The number of likely N-dealkylation sites (N-methyl/N-ethyl adjacent to an activating group) is 1. The number of nitrogens with zero attached hydrogens (tertiary/aromatic N) is 1. The Kier molecular flexibility index (Phi) is 2.65. The largest absolute Gasteiger partial charge is 0.394 e. The second-order valence-corrected chi connectivity index (χ2v) is 2.92. The highest BCUT2D eigenvalue weighted by atomic mass is 15.1. The Morgan fingerprint density at radius 2 is 2.36 bits per heavy atom. The molecule has 1 heterocycles. The van der Waals surface area contributed by atoms with Gasteiger partial charge >= 0.3 is 0 Å². The summed E-state index contributed by atoms with van der Waals surface area (Å²) in [4.78, 5) is 2.22. The van der Waals surface area contributed by atoms with Gasteiger partial charge in [0.2, 0.25) is 0 Å². The molecule has 1 aliphatic heterocycles. The van der Waals surface area contributed by atoms with E-state index in [2.05, 4.69) is 17.3 Å². The molecule has 0 amide bonds. The minimum Gasteiger partial charge on any atom is -0.394 e. The number of nitrogens with one attached hydrogen (secondary N) is 2. The molecule has 0 aromatic heterocycles. The molecule has 11 heavy (non-hydrogen) atoms. The van der Waals surface area contributed by atoms with Crippen LogP contribution in [0, 0.1) is 5.41 Å². The minimum atomic E-state index is 0.775. The van der Waals surface area contributed by atoms with E-state index in [1.165, 1.54) is 0 Å². The molecule has 0 radical (unpaired) electrons. The van der Waals surface area contributed by atoms with Crippen LogP contribution >= 0.6 is 0 Å². The van der Waals surface area contributed by atoms with Crippen molar-refractivity contribution < 1.29 is 0 Å². The molecule has 0 unspecified atom stereocenters. The Bertz CT molecular complexity index is 184. The highest BCUT2D eigenvalue weighted by Gasteiger charge is 2.14. The van der Waals surface area contributed by atoms with Crippen molar-refractivity contribution in [1.82, 2.24) is 10.2 Å². The zero-order chi connectivity index (χ0) is 8.27. The molecule has 0 bridgehead atoms. The van der Waals surface area contributed by atoms with E-state index in [-0.39, 0.29) is 0 Å². The van der Waals surface area contributed by atoms with E-state index in [0.29, 0.717) is 0 Å².